The van der Waals surface area contributed by atoms with Crippen LogP contribution in [0.4, 0.5) is 3.89 Å². The molecule has 0 amide bonds. The van der Waals surface area contributed by atoms with Crippen molar-refractivity contribution < 1.29 is 3.89 Å². The number of benzene rings is 2. The fraction of sp³-hybridized carbons (Fsp3) is 0.182. The minimum Gasteiger partial charge on any atom is -0.302 e. The zero-order valence-corrected chi connectivity index (χ0v) is 16.9. The van der Waals surface area contributed by atoms with Gasteiger partial charge in [0.1, 0.15) is 0 Å². The predicted octanol–water partition coefficient (Wildman–Crippen LogP) is 7.15. The van der Waals surface area contributed by atoms with Crippen LogP contribution in [0, 0.1) is 0 Å². The van der Waals surface area contributed by atoms with Gasteiger partial charge in [-0.25, -0.2) is 0 Å². The zero-order valence-electron chi connectivity index (χ0n) is 15.3. The van der Waals surface area contributed by atoms with Gasteiger partial charge in [-0.15, -0.1) is 13.2 Å². The monoisotopic (exact) mass is 391 g/mol. The summed E-state index contributed by atoms with van der Waals surface area (Å²) >= 11 is 5.87. The average molecular weight is 392 g/mol. The van der Waals surface area contributed by atoms with E-state index in [1.807, 2.05) is 48.5 Å². The van der Waals surface area contributed by atoms with Crippen LogP contribution in [0.2, 0.25) is 5.02 Å². The number of allylic oxidation sites excluding steroid dienone is 2. The lowest BCUT2D eigenvalue weighted by atomic mass is 10.0. The molecule has 0 aliphatic carbocycles. The Morgan fingerprint density at radius 3 is 2.12 bits per heavy atom. The lowest BCUT2D eigenvalue weighted by molar-refractivity contribution is 0.312. The second-order valence-electron chi connectivity index (χ2n) is 5.26. The molecule has 0 aromatic heterocycles. The second kappa shape index (κ2) is 15.4. The highest BCUT2D eigenvalue weighted by Gasteiger charge is 2.13. The summed E-state index contributed by atoms with van der Waals surface area (Å²) in [7, 11) is 2.11. The standard InChI is InChI=1S/C10H12FNS.C6H5Cl.C4H6.C2H4/c1-12-5-4-8-6-10(13-11)3-2-9(8)7-12;7-6-4-2-1-3-5-6;1-3-4-2;1-2/h2-3,6H,4-5,7H2,1H3;1-5H;3-4H,1-2H2;1-2H2. The van der Waals surface area contributed by atoms with E-state index in [-0.39, 0.29) is 0 Å². The van der Waals surface area contributed by atoms with E-state index in [9.17, 15) is 3.89 Å². The van der Waals surface area contributed by atoms with Crippen molar-refractivity contribution in [3.8, 4) is 0 Å². The van der Waals surface area contributed by atoms with Crippen LogP contribution in [0.15, 0.2) is 91.9 Å². The van der Waals surface area contributed by atoms with Crippen LogP contribution < -0.4 is 0 Å². The first-order valence-electron chi connectivity index (χ1n) is 8.13. The van der Waals surface area contributed by atoms with Gasteiger partial charge >= 0.3 is 0 Å². The molecular weight excluding hydrogens is 365 g/mol. The first-order valence-corrected chi connectivity index (χ1v) is 9.23. The molecule has 4 heteroatoms. The Hall–Kier alpha value is -1.81. The van der Waals surface area contributed by atoms with Crippen LogP contribution in [0.5, 0.6) is 0 Å². The predicted molar refractivity (Wildman–Crippen MR) is 117 cm³/mol. The van der Waals surface area contributed by atoms with E-state index in [2.05, 4.69) is 38.3 Å². The third kappa shape index (κ3) is 10.2. The van der Waals surface area contributed by atoms with E-state index in [1.165, 1.54) is 11.1 Å². The summed E-state index contributed by atoms with van der Waals surface area (Å²) in [5.74, 6) is 0. The summed E-state index contributed by atoms with van der Waals surface area (Å²) in [5.41, 5.74) is 2.65. The first kappa shape index (κ1) is 24.2. The molecule has 0 radical (unpaired) electrons. The molecule has 0 spiro atoms. The number of hydrogen-bond acceptors (Lipinski definition) is 2. The molecule has 2 aromatic rings. The Morgan fingerprint density at radius 1 is 1.04 bits per heavy atom. The molecule has 0 atom stereocenters. The van der Waals surface area contributed by atoms with Gasteiger partial charge in [-0.05, 0) is 48.9 Å². The van der Waals surface area contributed by atoms with Gasteiger partial charge in [0.05, 0.1) is 12.1 Å². The maximum atomic E-state index is 12.3. The minimum atomic E-state index is 0.329. The summed E-state index contributed by atoms with van der Waals surface area (Å²) < 4.78 is 12.3. The summed E-state index contributed by atoms with van der Waals surface area (Å²) in [6.45, 7) is 14.8. The van der Waals surface area contributed by atoms with Crippen molar-refractivity contribution in [2.75, 3.05) is 13.6 Å². The molecule has 0 N–H and O–H groups in total. The number of rotatable bonds is 2. The lowest BCUT2D eigenvalue weighted by Crippen LogP contribution is -2.26. The van der Waals surface area contributed by atoms with E-state index in [4.69, 9.17) is 11.6 Å². The molecule has 1 heterocycles. The molecule has 1 aliphatic rings. The maximum absolute atomic E-state index is 12.3. The number of likely N-dealkylation sites (N-methyl/N-ethyl adjacent to an activating group) is 1. The van der Waals surface area contributed by atoms with Crippen molar-refractivity contribution in [3.63, 3.8) is 0 Å². The molecule has 0 saturated heterocycles. The summed E-state index contributed by atoms with van der Waals surface area (Å²) in [6, 6.07) is 15.3. The molecule has 0 fully saturated rings. The molecule has 1 nitrogen and oxygen atoms in total. The van der Waals surface area contributed by atoms with Crippen LogP contribution in [0.25, 0.3) is 0 Å². The Balaban J connectivity index is 0.000000406. The van der Waals surface area contributed by atoms with E-state index in [1.54, 1.807) is 12.2 Å². The molecule has 1 aliphatic heterocycles. The van der Waals surface area contributed by atoms with Gasteiger partial charge in [0.25, 0.3) is 0 Å². The van der Waals surface area contributed by atoms with Crippen molar-refractivity contribution in [1.82, 2.24) is 4.90 Å². The molecule has 140 valence electrons. The highest BCUT2D eigenvalue weighted by molar-refractivity contribution is 7.94. The third-order valence-electron chi connectivity index (χ3n) is 3.37. The van der Waals surface area contributed by atoms with Gasteiger partial charge in [0.2, 0.25) is 0 Å². The van der Waals surface area contributed by atoms with E-state index >= 15 is 0 Å². The Labute approximate surface area is 167 Å². The highest BCUT2D eigenvalue weighted by atomic mass is 35.5. The molecule has 3 rings (SSSR count). The molecular formula is C22H27ClFNS. The fourth-order valence-electron chi connectivity index (χ4n) is 2.13. The van der Waals surface area contributed by atoms with Gasteiger partial charge in [-0.2, -0.15) is 3.89 Å². The number of nitrogens with zero attached hydrogens (tertiary/aromatic N) is 1. The van der Waals surface area contributed by atoms with Crippen molar-refractivity contribution in [2.45, 2.75) is 17.9 Å². The van der Waals surface area contributed by atoms with Crippen LogP contribution >= 0.6 is 23.7 Å². The van der Waals surface area contributed by atoms with Crippen molar-refractivity contribution in [1.29, 1.82) is 0 Å². The average Bonchev–Trinajstić information content (AvgIpc) is 2.70. The van der Waals surface area contributed by atoms with E-state index in [0.29, 0.717) is 12.1 Å². The van der Waals surface area contributed by atoms with E-state index < -0.39 is 0 Å². The number of halogens is 2. The second-order valence-corrected chi connectivity index (χ2v) is 6.32. The highest BCUT2D eigenvalue weighted by Crippen LogP contribution is 2.25. The summed E-state index contributed by atoms with van der Waals surface area (Å²) in [6.07, 6.45) is 4.32. The number of hydrogen-bond donors (Lipinski definition) is 0. The van der Waals surface area contributed by atoms with Gasteiger partial charge < -0.3 is 4.90 Å². The number of fused-ring (bicyclic) bond motifs is 1. The fourth-order valence-corrected chi connectivity index (χ4v) is 2.58. The molecule has 0 bridgehead atoms. The maximum Gasteiger partial charge on any atom is 0.0812 e. The molecule has 0 unspecified atom stereocenters. The quantitative estimate of drug-likeness (QED) is 0.395. The molecule has 0 saturated carbocycles. The molecule has 26 heavy (non-hydrogen) atoms. The van der Waals surface area contributed by atoms with Crippen molar-refractivity contribution in [2.24, 2.45) is 0 Å². The smallest absolute Gasteiger partial charge is 0.0812 e. The van der Waals surface area contributed by atoms with Crippen LogP contribution in [0.3, 0.4) is 0 Å². The van der Waals surface area contributed by atoms with Crippen LogP contribution in [-0.4, -0.2) is 18.5 Å². The Bertz CT molecular complexity index is 640. The van der Waals surface area contributed by atoms with Crippen molar-refractivity contribution in [3.05, 3.63) is 103 Å². The van der Waals surface area contributed by atoms with Gasteiger partial charge in [0.15, 0.2) is 0 Å². The van der Waals surface area contributed by atoms with Gasteiger partial charge in [-0.3, -0.25) is 0 Å². The topological polar surface area (TPSA) is 3.24 Å². The SMILES string of the molecule is C=C.C=CC=C.CN1CCc2cc(SF)ccc2C1.Clc1ccccc1. The lowest BCUT2D eigenvalue weighted by Gasteiger charge is -2.24. The van der Waals surface area contributed by atoms with Crippen LogP contribution in [0.1, 0.15) is 11.1 Å². The summed E-state index contributed by atoms with van der Waals surface area (Å²) in [4.78, 5) is 3.01. The Morgan fingerprint density at radius 2 is 1.65 bits per heavy atom. The van der Waals surface area contributed by atoms with E-state index in [0.717, 1.165) is 29.4 Å². The van der Waals surface area contributed by atoms with Gasteiger partial charge in [0, 0.05) is 23.0 Å². The summed E-state index contributed by atoms with van der Waals surface area (Å²) in [5, 5.41) is 0.794. The minimum absolute atomic E-state index is 0.329. The zero-order chi connectivity index (χ0) is 19.8. The van der Waals surface area contributed by atoms with Crippen LogP contribution in [-0.2, 0) is 13.0 Å². The molecule has 2 aromatic carbocycles. The first-order chi connectivity index (χ1) is 12.6. The van der Waals surface area contributed by atoms with Crippen molar-refractivity contribution >= 4 is 23.7 Å². The largest absolute Gasteiger partial charge is 0.302 e. The Kier molecular flexibility index (Phi) is 14.4. The third-order valence-corrected chi connectivity index (χ3v) is 4.05. The van der Waals surface area contributed by atoms with Gasteiger partial charge in [-0.1, -0.05) is 61.2 Å². The normalized spacial score (nSPS) is 11.8.